The number of fused-ring (bicyclic) bond motifs is 2. The molecule has 3 rings (SSSR count). The van der Waals surface area contributed by atoms with E-state index in [1.165, 1.54) is 11.1 Å². The summed E-state index contributed by atoms with van der Waals surface area (Å²) < 4.78 is 5.44. The Kier molecular flexibility index (Phi) is 3.13. The summed E-state index contributed by atoms with van der Waals surface area (Å²) in [6.45, 7) is 5.74. The first-order chi connectivity index (χ1) is 9.30. The van der Waals surface area contributed by atoms with Gasteiger partial charge < -0.3 is 4.74 Å². The van der Waals surface area contributed by atoms with E-state index in [9.17, 15) is 4.79 Å². The zero-order chi connectivity index (χ0) is 14.5. The molecule has 0 radical (unpaired) electrons. The molecule has 1 fully saturated rings. The van der Waals surface area contributed by atoms with Gasteiger partial charge in [0, 0.05) is 11.4 Å². The maximum Gasteiger partial charge on any atom is 0.306 e. The van der Waals surface area contributed by atoms with Crippen LogP contribution in [0.3, 0.4) is 0 Å². The second-order valence-corrected chi connectivity index (χ2v) is 7.59. The Morgan fingerprint density at radius 2 is 2.20 bits per heavy atom. The lowest BCUT2D eigenvalue weighted by molar-refractivity contribution is -0.155. The van der Waals surface area contributed by atoms with Gasteiger partial charge in [-0.15, -0.1) is 0 Å². The van der Waals surface area contributed by atoms with Crippen molar-refractivity contribution in [2.24, 2.45) is 5.92 Å². The molecule has 0 amide bonds. The van der Waals surface area contributed by atoms with Crippen molar-refractivity contribution >= 4 is 17.6 Å². The molecule has 2 atom stereocenters. The van der Waals surface area contributed by atoms with E-state index in [0.717, 1.165) is 24.3 Å². The summed E-state index contributed by atoms with van der Waals surface area (Å²) in [7, 11) is 0. The lowest BCUT2D eigenvalue weighted by Gasteiger charge is -2.20. The standard InChI is InChI=1S/C17H21ClO2/c1-16(2,3)20-15(19)8-12-10-17(12)7-6-11-4-5-13(18)9-14(11)17/h4-5,9,12H,6-8,10H2,1-3H3. The second kappa shape index (κ2) is 4.49. The van der Waals surface area contributed by atoms with Crippen LogP contribution in [-0.2, 0) is 21.4 Å². The van der Waals surface area contributed by atoms with Gasteiger partial charge >= 0.3 is 5.97 Å². The Morgan fingerprint density at radius 3 is 2.90 bits per heavy atom. The number of benzene rings is 1. The van der Waals surface area contributed by atoms with Gasteiger partial charge in [-0.2, -0.15) is 0 Å². The first kappa shape index (κ1) is 13.9. The number of halogens is 1. The molecule has 1 aromatic rings. The largest absolute Gasteiger partial charge is 0.460 e. The smallest absolute Gasteiger partial charge is 0.306 e. The third-order valence-corrected chi connectivity index (χ3v) is 4.75. The van der Waals surface area contributed by atoms with Gasteiger partial charge in [-0.1, -0.05) is 17.7 Å². The Hall–Kier alpha value is -1.02. The summed E-state index contributed by atoms with van der Waals surface area (Å²) in [5, 5.41) is 0.799. The van der Waals surface area contributed by atoms with Gasteiger partial charge in [0.05, 0.1) is 0 Å². The Bertz CT molecular complexity index is 559. The summed E-state index contributed by atoms with van der Waals surface area (Å²) in [6.07, 6.45) is 3.89. The van der Waals surface area contributed by atoms with Crippen molar-refractivity contribution in [3.8, 4) is 0 Å². The minimum Gasteiger partial charge on any atom is -0.460 e. The maximum absolute atomic E-state index is 12.0. The van der Waals surface area contributed by atoms with E-state index in [0.29, 0.717) is 12.3 Å². The first-order valence-electron chi connectivity index (χ1n) is 7.31. The highest BCUT2D eigenvalue weighted by atomic mass is 35.5. The predicted octanol–water partition coefficient (Wildman–Crippen LogP) is 4.28. The second-order valence-electron chi connectivity index (χ2n) is 7.15. The minimum atomic E-state index is -0.393. The van der Waals surface area contributed by atoms with Crippen LogP contribution in [0.2, 0.25) is 5.02 Å². The normalized spacial score (nSPS) is 27.5. The topological polar surface area (TPSA) is 26.3 Å². The molecule has 0 aromatic heterocycles. The van der Waals surface area contributed by atoms with Crippen LogP contribution in [0.5, 0.6) is 0 Å². The molecule has 0 saturated heterocycles. The fraction of sp³-hybridized carbons (Fsp3) is 0.588. The molecule has 2 aliphatic rings. The summed E-state index contributed by atoms with van der Waals surface area (Å²) in [4.78, 5) is 12.0. The number of hydrogen-bond donors (Lipinski definition) is 0. The lowest BCUT2D eigenvalue weighted by atomic mass is 9.94. The average Bonchev–Trinajstić information content (AvgIpc) is 2.86. The summed E-state index contributed by atoms with van der Waals surface area (Å²) in [6, 6.07) is 6.19. The molecule has 2 aliphatic carbocycles. The molecule has 1 aromatic carbocycles. The van der Waals surface area contributed by atoms with Gasteiger partial charge in [0.25, 0.3) is 0 Å². The molecule has 0 aliphatic heterocycles. The van der Waals surface area contributed by atoms with Gasteiger partial charge in [-0.05, 0) is 74.6 Å². The molecular formula is C17H21ClO2. The van der Waals surface area contributed by atoms with Crippen molar-refractivity contribution < 1.29 is 9.53 Å². The van der Waals surface area contributed by atoms with Gasteiger partial charge in [0.2, 0.25) is 0 Å². The zero-order valence-corrected chi connectivity index (χ0v) is 13.1. The van der Waals surface area contributed by atoms with E-state index in [1.54, 1.807) is 0 Å². The van der Waals surface area contributed by atoms with Gasteiger partial charge in [0.15, 0.2) is 0 Å². The van der Waals surface area contributed by atoms with Crippen LogP contribution in [-0.4, -0.2) is 11.6 Å². The first-order valence-corrected chi connectivity index (χ1v) is 7.69. The fourth-order valence-corrected chi connectivity index (χ4v) is 3.76. The third kappa shape index (κ3) is 2.46. The number of ether oxygens (including phenoxy) is 1. The van der Waals surface area contributed by atoms with Crippen molar-refractivity contribution in [3.63, 3.8) is 0 Å². The molecular weight excluding hydrogens is 272 g/mol. The number of carbonyl (C=O) groups is 1. The van der Waals surface area contributed by atoms with Crippen LogP contribution in [0.4, 0.5) is 0 Å². The van der Waals surface area contributed by atoms with Crippen LogP contribution >= 0.6 is 11.6 Å². The van der Waals surface area contributed by atoms with Crippen molar-refractivity contribution in [1.82, 2.24) is 0 Å². The molecule has 1 spiro atoms. The van der Waals surface area contributed by atoms with E-state index >= 15 is 0 Å². The third-order valence-electron chi connectivity index (χ3n) is 4.51. The Labute approximate surface area is 125 Å². The van der Waals surface area contributed by atoms with Gasteiger partial charge in [-0.3, -0.25) is 4.79 Å². The predicted molar refractivity (Wildman–Crippen MR) is 80.0 cm³/mol. The Balaban J connectivity index is 1.71. The van der Waals surface area contributed by atoms with Crippen molar-refractivity contribution in [1.29, 1.82) is 0 Å². The molecule has 2 unspecified atom stereocenters. The number of hydrogen-bond acceptors (Lipinski definition) is 2. The molecule has 1 saturated carbocycles. The zero-order valence-electron chi connectivity index (χ0n) is 12.3. The molecule has 108 valence electrons. The highest BCUT2D eigenvalue weighted by molar-refractivity contribution is 6.30. The van der Waals surface area contributed by atoms with E-state index in [1.807, 2.05) is 26.8 Å². The van der Waals surface area contributed by atoms with Crippen LogP contribution in [0.25, 0.3) is 0 Å². The fourth-order valence-electron chi connectivity index (χ4n) is 3.59. The average molecular weight is 293 g/mol. The summed E-state index contributed by atoms with van der Waals surface area (Å²) >= 11 is 6.13. The van der Waals surface area contributed by atoms with E-state index < -0.39 is 5.60 Å². The number of esters is 1. The van der Waals surface area contributed by atoms with Crippen LogP contribution in [0.15, 0.2) is 18.2 Å². The van der Waals surface area contributed by atoms with Crippen LogP contribution < -0.4 is 0 Å². The number of rotatable bonds is 2. The molecule has 0 N–H and O–H groups in total. The number of carbonyl (C=O) groups excluding carboxylic acids is 1. The molecule has 20 heavy (non-hydrogen) atoms. The SMILES string of the molecule is CC(C)(C)OC(=O)CC1CC12CCc1ccc(Cl)cc12. The van der Waals surface area contributed by atoms with Crippen LogP contribution in [0, 0.1) is 5.92 Å². The highest BCUT2D eigenvalue weighted by Crippen LogP contribution is 2.63. The van der Waals surface area contributed by atoms with Crippen molar-refractivity contribution in [3.05, 3.63) is 34.3 Å². The molecule has 2 nitrogen and oxygen atoms in total. The van der Waals surface area contributed by atoms with Gasteiger partial charge in [0.1, 0.15) is 5.60 Å². The monoisotopic (exact) mass is 292 g/mol. The lowest BCUT2D eigenvalue weighted by Crippen LogP contribution is -2.24. The van der Waals surface area contributed by atoms with Crippen LogP contribution in [0.1, 0.15) is 51.2 Å². The van der Waals surface area contributed by atoms with E-state index in [4.69, 9.17) is 16.3 Å². The Morgan fingerprint density at radius 1 is 1.45 bits per heavy atom. The van der Waals surface area contributed by atoms with Crippen molar-refractivity contribution in [2.75, 3.05) is 0 Å². The summed E-state index contributed by atoms with van der Waals surface area (Å²) in [5.74, 6) is 0.354. The molecule has 0 bridgehead atoms. The molecule has 3 heteroatoms. The van der Waals surface area contributed by atoms with E-state index in [2.05, 4.69) is 12.1 Å². The van der Waals surface area contributed by atoms with E-state index in [-0.39, 0.29) is 11.4 Å². The minimum absolute atomic E-state index is 0.0742. The summed E-state index contributed by atoms with van der Waals surface area (Å²) in [5.41, 5.74) is 2.59. The highest BCUT2D eigenvalue weighted by Gasteiger charge is 2.58. The maximum atomic E-state index is 12.0. The van der Waals surface area contributed by atoms with Crippen molar-refractivity contribution in [2.45, 2.75) is 57.5 Å². The molecule has 0 heterocycles. The quantitative estimate of drug-likeness (QED) is 0.761. The van der Waals surface area contributed by atoms with Gasteiger partial charge in [-0.25, -0.2) is 0 Å². The number of aryl methyl sites for hydroxylation is 1.